The van der Waals surface area contributed by atoms with Gasteiger partial charge in [-0.1, -0.05) is 0 Å². The average molecular weight is 268 g/mol. The summed E-state index contributed by atoms with van der Waals surface area (Å²) >= 11 is 0. The van der Waals surface area contributed by atoms with Crippen LogP contribution in [0.1, 0.15) is 39.5 Å². The van der Waals surface area contributed by atoms with E-state index in [0.29, 0.717) is 0 Å². The molecule has 1 saturated carbocycles. The Morgan fingerprint density at radius 3 is 2.42 bits per heavy atom. The molecule has 1 N–H and O–H groups in total. The van der Waals surface area contributed by atoms with Gasteiger partial charge in [-0.25, -0.2) is 4.79 Å². The van der Waals surface area contributed by atoms with E-state index in [-0.39, 0.29) is 43.8 Å². The minimum Gasteiger partial charge on any atom is -0.465 e. The van der Waals surface area contributed by atoms with Crippen molar-refractivity contribution in [3.8, 4) is 0 Å². The minimum atomic E-state index is -1.01. The molecular weight excluding hydrogens is 248 g/mol. The molecule has 1 unspecified atom stereocenters. The fourth-order valence-electron chi connectivity index (χ4n) is 2.25. The number of nitrogens with one attached hydrogen (secondary N) is 1. The van der Waals surface area contributed by atoms with Gasteiger partial charge in [0, 0.05) is 18.9 Å². The molecule has 0 bridgehead atoms. The number of hydrogen-bond acceptors (Lipinski definition) is 5. The lowest BCUT2D eigenvalue weighted by molar-refractivity contribution is -0.153. The summed E-state index contributed by atoms with van der Waals surface area (Å²) in [6.45, 7) is 3.77. The second kappa shape index (κ2) is 5.28. The zero-order valence-corrected chi connectivity index (χ0v) is 11.4. The van der Waals surface area contributed by atoms with Crippen molar-refractivity contribution in [2.24, 2.45) is 0 Å². The lowest BCUT2D eigenvalue weighted by Crippen LogP contribution is -2.59. The number of carbonyl (C=O) groups is 3. The highest BCUT2D eigenvalue weighted by Gasteiger charge is 2.44. The molecule has 1 heterocycles. The van der Waals surface area contributed by atoms with Gasteiger partial charge in [0.15, 0.2) is 0 Å². The molecule has 2 rings (SSSR count). The number of likely N-dealkylation sites (tertiary alicyclic amines) is 1. The molecule has 1 saturated heterocycles. The highest BCUT2D eigenvalue weighted by molar-refractivity contribution is 6.02. The molecule has 2 fully saturated rings. The maximum atomic E-state index is 12.1. The largest absolute Gasteiger partial charge is 0.465 e. The second-order valence-electron chi connectivity index (χ2n) is 5.34. The third-order valence-electron chi connectivity index (χ3n) is 3.46. The van der Waals surface area contributed by atoms with Gasteiger partial charge in [0.2, 0.25) is 11.8 Å². The number of ether oxygens (including phenoxy) is 1. The van der Waals surface area contributed by atoms with Gasteiger partial charge in [-0.2, -0.15) is 0 Å². The van der Waals surface area contributed by atoms with Crippen molar-refractivity contribution in [3.63, 3.8) is 0 Å². The van der Waals surface area contributed by atoms with Gasteiger partial charge in [-0.05, 0) is 26.7 Å². The van der Waals surface area contributed by atoms with E-state index in [0.717, 1.165) is 12.8 Å². The van der Waals surface area contributed by atoms with Crippen molar-refractivity contribution in [1.82, 2.24) is 10.2 Å². The van der Waals surface area contributed by atoms with E-state index in [1.807, 2.05) is 0 Å². The summed E-state index contributed by atoms with van der Waals surface area (Å²) in [4.78, 5) is 36.6. The molecular formula is C13H20N2O4. The fraction of sp³-hybridized carbons (Fsp3) is 0.769. The summed E-state index contributed by atoms with van der Waals surface area (Å²) in [5.41, 5.74) is -1.01. The summed E-state index contributed by atoms with van der Waals surface area (Å²) in [5.74, 6) is -0.828. The van der Waals surface area contributed by atoms with Crippen LogP contribution >= 0.6 is 0 Å². The summed E-state index contributed by atoms with van der Waals surface area (Å²) in [5, 5.41) is 3.20. The number of carbonyl (C=O) groups excluding carboxylic acids is 3. The lowest BCUT2D eigenvalue weighted by Gasteiger charge is -2.31. The number of imide groups is 1. The molecule has 106 valence electrons. The molecule has 0 spiro atoms. The van der Waals surface area contributed by atoms with Gasteiger partial charge < -0.3 is 4.74 Å². The first-order valence-corrected chi connectivity index (χ1v) is 6.74. The summed E-state index contributed by atoms with van der Waals surface area (Å²) in [6.07, 6.45) is 2.50. The lowest BCUT2D eigenvalue weighted by atomic mass is 10.0. The van der Waals surface area contributed by atoms with Crippen LogP contribution in [0.25, 0.3) is 0 Å². The van der Waals surface area contributed by atoms with Crippen LogP contribution in [0, 0.1) is 0 Å². The van der Waals surface area contributed by atoms with Crippen molar-refractivity contribution in [2.45, 2.75) is 51.1 Å². The average Bonchev–Trinajstić information content (AvgIpc) is 3.11. The van der Waals surface area contributed by atoms with Crippen molar-refractivity contribution in [2.75, 3.05) is 13.2 Å². The van der Waals surface area contributed by atoms with E-state index in [2.05, 4.69) is 5.32 Å². The molecule has 1 aliphatic heterocycles. The van der Waals surface area contributed by atoms with Gasteiger partial charge in [-0.15, -0.1) is 0 Å². The molecule has 1 atom stereocenters. The first-order chi connectivity index (χ1) is 8.96. The second-order valence-corrected chi connectivity index (χ2v) is 5.34. The Kier molecular flexibility index (Phi) is 3.89. The number of esters is 1. The Morgan fingerprint density at radius 1 is 1.37 bits per heavy atom. The predicted molar refractivity (Wildman–Crippen MR) is 67.1 cm³/mol. The first kappa shape index (κ1) is 14.0. The molecule has 6 heteroatoms. The molecule has 0 aromatic rings. The van der Waals surface area contributed by atoms with E-state index in [9.17, 15) is 14.4 Å². The quantitative estimate of drug-likeness (QED) is 0.550. The van der Waals surface area contributed by atoms with Gasteiger partial charge >= 0.3 is 5.97 Å². The standard InChI is InChI=1S/C13H20N2O4/c1-3-19-12(18)13(2,14-9-4-5-9)8-15-10(16)6-7-11(15)17/h9,14H,3-8H2,1-2H3. The van der Waals surface area contributed by atoms with Gasteiger partial charge in [0.25, 0.3) is 0 Å². The zero-order chi connectivity index (χ0) is 14.0. The van der Waals surface area contributed by atoms with E-state index in [1.54, 1.807) is 13.8 Å². The van der Waals surface area contributed by atoms with Crippen LogP contribution in [0.2, 0.25) is 0 Å². The number of amides is 2. The van der Waals surface area contributed by atoms with E-state index in [4.69, 9.17) is 4.74 Å². The predicted octanol–water partition coefficient (Wildman–Crippen LogP) is 0.209. The maximum absolute atomic E-state index is 12.1. The smallest absolute Gasteiger partial charge is 0.327 e. The number of nitrogens with zero attached hydrogens (tertiary/aromatic N) is 1. The molecule has 2 aliphatic rings. The third kappa shape index (κ3) is 3.12. The SMILES string of the molecule is CCOC(=O)C(C)(CN1C(=O)CCC1=O)NC1CC1. The highest BCUT2D eigenvalue weighted by Crippen LogP contribution is 2.25. The molecule has 0 aromatic heterocycles. The molecule has 2 amide bonds. The molecule has 0 radical (unpaired) electrons. The summed E-state index contributed by atoms with van der Waals surface area (Å²) < 4.78 is 5.07. The third-order valence-corrected chi connectivity index (χ3v) is 3.46. The van der Waals surface area contributed by atoms with Crippen LogP contribution in [0.15, 0.2) is 0 Å². The van der Waals surface area contributed by atoms with Crippen LogP contribution in [-0.2, 0) is 19.1 Å². The van der Waals surface area contributed by atoms with Gasteiger partial charge in [0.05, 0.1) is 13.2 Å². The highest BCUT2D eigenvalue weighted by atomic mass is 16.5. The molecule has 6 nitrogen and oxygen atoms in total. The monoisotopic (exact) mass is 268 g/mol. The first-order valence-electron chi connectivity index (χ1n) is 6.74. The Labute approximate surface area is 112 Å². The molecule has 0 aromatic carbocycles. The zero-order valence-electron chi connectivity index (χ0n) is 11.4. The van der Waals surface area contributed by atoms with Crippen molar-refractivity contribution < 1.29 is 19.1 Å². The van der Waals surface area contributed by atoms with Crippen LogP contribution in [-0.4, -0.2) is 47.4 Å². The maximum Gasteiger partial charge on any atom is 0.327 e. The van der Waals surface area contributed by atoms with Crippen molar-refractivity contribution in [3.05, 3.63) is 0 Å². The van der Waals surface area contributed by atoms with E-state index in [1.165, 1.54) is 4.90 Å². The number of hydrogen-bond donors (Lipinski definition) is 1. The van der Waals surface area contributed by atoms with Crippen molar-refractivity contribution in [1.29, 1.82) is 0 Å². The van der Waals surface area contributed by atoms with Gasteiger partial charge in [0.1, 0.15) is 5.54 Å². The fourth-order valence-corrected chi connectivity index (χ4v) is 2.25. The van der Waals surface area contributed by atoms with E-state index < -0.39 is 11.5 Å². The van der Waals surface area contributed by atoms with Crippen molar-refractivity contribution >= 4 is 17.8 Å². The molecule has 19 heavy (non-hydrogen) atoms. The van der Waals surface area contributed by atoms with Crippen LogP contribution in [0.5, 0.6) is 0 Å². The number of rotatable bonds is 6. The topological polar surface area (TPSA) is 75.7 Å². The van der Waals surface area contributed by atoms with E-state index >= 15 is 0 Å². The summed E-state index contributed by atoms with van der Waals surface area (Å²) in [6, 6.07) is 0.280. The Bertz CT molecular complexity index is 389. The Morgan fingerprint density at radius 2 is 1.95 bits per heavy atom. The van der Waals surface area contributed by atoms with Gasteiger partial charge in [-0.3, -0.25) is 19.8 Å². The van der Waals surface area contributed by atoms with Crippen LogP contribution in [0.4, 0.5) is 0 Å². The van der Waals surface area contributed by atoms with Crippen LogP contribution in [0.3, 0.4) is 0 Å². The summed E-state index contributed by atoms with van der Waals surface area (Å²) in [7, 11) is 0. The Balaban J connectivity index is 2.09. The Hall–Kier alpha value is -1.43. The minimum absolute atomic E-state index is 0.0556. The van der Waals surface area contributed by atoms with Crippen LogP contribution < -0.4 is 5.32 Å². The normalized spacial score (nSPS) is 22.5. The molecule has 1 aliphatic carbocycles.